The molecule has 2 N–H and O–H groups in total. The number of rotatable bonds is 11. The lowest BCUT2D eigenvalue weighted by atomic mass is 9.86. The summed E-state index contributed by atoms with van der Waals surface area (Å²) in [6.45, 7) is 7.04. The van der Waals surface area contributed by atoms with Gasteiger partial charge in [0.15, 0.2) is 17.6 Å². The van der Waals surface area contributed by atoms with Crippen LogP contribution in [0.3, 0.4) is 0 Å². The van der Waals surface area contributed by atoms with Gasteiger partial charge >= 0.3 is 5.97 Å². The Labute approximate surface area is 214 Å². The van der Waals surface area contributed by atoms with Crippen molar-refractivity contribution in [3.63, 3.8) is 0 Å². The van der Waals surface area contributed by atoms with Crippen LogP contribution in [0.15, 0.2) is 42.5 Å². The number of carbonyl (C=O) groups is 1. The summed E-state index contributed by atoms with van der Waals surface area (Å²) in [4.78, 5) is 14.1. The van der Waals surface area contributed by atoms with Crippen molar-refractivity contribution >= 4 is 5.97 Å². The van der Waals surface area contributed by atoms with E-state index in [1.807, 2.05) is 36.4 Å². The van der Waals surface area contributed by atoms with Gasteiger partial charge in [-0.3, -0.25) is 0 Å². The van der Waals surface area contributed by atoms with Crippen molar-refractivity contribution in [2.45, 2.75) is 89.9 Å². The van der Waals surface area contributed by atoms with Crippen molar-refractivity contribution in [3.8, 4) is 11.5 Å². The van der Waals surface area contributed by atoms with Crippen LogP contribution in [0.4, 0.5) is 0 Å². The summed E-state index contributed by atoms with van der Waals surface area (Å²) in [6.07, 6.45) is 2.63. The fourth-order valence-electron chi connectivity index (χ4n) is 5.35. The number of aliphatic carboxylic acids is 1. The van der Waals surface area contributed by atoms with Crippen molar-refractivity contribution in [2.75, 3.05) is 13.1 Å². The predicted octanol–water partition coefficient (Wildman–Crippen LogP) is 4.57. The smallest absolute Gasteiger partial charge is 0.333 e. The topological polar surface area (TPSA) is 88.5 Å². The first-order valence-corrected chi connectivity index (χ1v) is 13.3. The van der Waals surface area contributed by atoms with Crippen molar-refractivity contribution in [2.24, 2.45) is 0 Å². The van der Waals surface area contributed by atoms with Crippen molar-refractivity contribution < 1.29 is 29.2 Å². The van der Waals surface area contributed by atoms with Crippen LogP contribution in [0.25, 0.3) is 0 Å². The molecule has 2 unspecified atom stereocenters. The van der Waals surface area contributed by atoms with Crippen molar-refractivity contribution in [1.82, 2.24) is 4.90 Å². The minimum absolute atomic E-state index is 0.0613. The van der Waals surface area contributed by atoms with Gasteiger partial charge in [-0.15, -0.1) is 0 Å². The average Bonchev–Trinajstić information content (AvgIpc) is 2.88. The number of benzene rings is 2. The highest BCUT2D eigenvalue weighted by Gasteiger charge is 2.35. The second-order valence-corrected chi connectivity index (χ2v) is 9.87. The van der Waals surface area contributed by atoms with Crippen LogP contribution in [0.1, 0.15) is 62.6 Å². The molecular formula is C29H39NO6. The van der Waals surface area contributed by atoms with E-state index in [0.717, 1.165) is 56.3 Å². The molecule has 1 saturated heterocycles. The fraction of sp³-hybridized carbons (Fsp3) is 0.552. The molecule has 1 heterocycles. The second kappa shape index (κ2) is 12.6. The SMILES string of the molecule is CCCN(CCC)C1CCc2c(ccc(OCc3ccccc3)c2OC2C[C@@H](O)C[C@@H](C(=O)O)O2)C1. The molecule has 0 aromatic heterocycles. The Kier molecular flexibility index (Phi) is 9.24. The molecule has 2 aliphatic rings. The van der Waals surface area contributed by atoms with E-state index in [4.69, 9.17) is 14.2 Å². The molecule has 4 rings (SSSR count). The number of fused-ring (bicyclic) bond motifs is 1. The van der Waals surface area contributed by atoms with Crippen LogP contribution in [-0.2, 0) is 29.0 Å². The molecule has 0 saturated carbocycles. The lowest BCUT2D eigenvalue weighted by Gasteiger charge is -2.37. The van der Waals surface area contributed by atoms with E-state index in [9.17, 15) is 15.0 Å². The monoisotopic (exact) mass is 497 g/mol. The summed E-state index contributed by atoms with van der Waals surface area (Å²) in [5, 5.41) is 19.7. The molecule has 36 heavy (non-hydrogen) atoms. The maximum atomic E-state index is 11.5. The number of carboxylic acids is 1. The molecule has 0 spiro atoms. The Bertz CT molecular complexity index is 991. The highest BCUT2D eigenvalue weighted by atomic mass is 16.7. The lowest BCUT2D eigenvalue weighted by molar-refractivity contribution is -0.195. The molecule has 196 valence electrons. The van der Waals surface area contributed by atoms with Gasteiger partial charge in [0.1, 0.15) is 6.61 Å². The van der Waals surface area contributed by atoms with Crippen LogP contribution < -0.4 is 9.47 Å². The van der Waals surface area contributed by atoms with Crippen LogP contribution in [0, 0.1) is 0 Å². The molecule has 1 aliphatic heterocycles. The molecule has 0 amide bonds. The van der Waals surface area contributed by atoms with Crippen molar-refractivity contribution in [1.29, 1.82) is 0 Å². The molecule has 1 fully saturated rings. The number of carboxylic acid groups (broad SMARTS) is 1. The zero-order valence-corrected chi connectivity index (χ0v) is 21.4. The highest BCUT2D eigenvalue weighted by molar-refractivity contribution is 5.72. The Balaban J connectivity index is 1.60. The van der Waals surface area contributed by atoms with Gasteiger partial charge in [0.2, 0.25) is 6.29 Å². The van der Waals surface area contributed by atoms with Crippen LogP contribution in [0.5, 0.6) is 11.5 Å². The van der Waals surface area contributed by atoms with E-state index in [1.54, 1.807) is 0 Å². The summed E-state index contributed by atoms with van der Waals surface area (Å²) in [7, 11) is 0. The van der Waals surface area contributed by atoms with E-state index in [2.05, 4.69) is 24.8 Å². The first kappa shape index (κ1) is 26.5. The maximum absolute atomic E-state index is 11.5. The predicted molar refractivity (Wildman–Crippen MR) is 137 cm³/mol. The molecule has 7 heteroatoms. The largest absolute Gasteiger partial charge is 0.485 e. The molecular weight excluding hydrogens is 458 g/mol. The molecule has 2 aromatic rings. The van der Waals surface area contributed by atoms with E-state index >= 15 is 0 Å². The highest BCUT2D eigenvalue weighted by Crippen LogP contribution is 2.40. The second-order valence-electron chi connectivity index (χ2n) is 9.87. The molecule has 4 atom stereocenters. The number of ether oxygens (including phenoxy) is 3. The zero-order chi connectivity index (χ0) is 25.5. The minimum atomic E-state index is -1.09. The van der Waals surface area contributed by atoms with Gasteiger partial charge in [0.05, 0.1) is 6.10 Å². The molecule has 0 radical (unpaired) electrons. The number of hydrogen-bond acceptors (Lipinski definition) is 6. The first-order valence-electron chi connectivity index (χ1n) is 13.3. The molecule has 7 nitrogen and oxygen atoms in total. The number of nitrogens with zero attached hydrogens (tertiary/aromatic N) is 1. The van der Waals surface area contributed by atoms with E-state index in [-0.39, 0.29) is 12.8 Å². The van der Waals surface area contributed by atoms with Gasteiger partial charge < -0.3 is 29.3 Å². The Morgan fingerprint density at radius 2 is 1.83 bits per heavy atom. The third-order valence-corrected chi connectivity index (χ3v) is 7.07. The number of aliphatic hydroxyl groups is 1. The Morgan fingerprint density at radius 1 is 1.08 bits per heavy atom. The van der Waals surface area contributed by atoms with Gasteiger partial charge in [0.25, 0.3) is 0 Å². The Hall–Kier alpha value is -2.61. The maximum Gasteiger partial charge on any atom is 0.333 e. The molecule has 2 aromatic carbocycles. The Morgan fingerprint density at radius 3 is 2.53 bits per heavy atom. The fourth-order valence-corrected chi connectivity index (χ4v) is 5.35. The minimum Gasteiger partial charge on any atom is -0.485 e. The summed E-state index contributed by atoms with van der Waals surface area (Å²) in [5.41, 5.74) is 3.38. The molecule has 0 bridgehead atoms. The van der Waals surface area contributed by atoms with Gasteiger partial charge in [-0.05, 0) is 62.4 Å². The lowest BCUT2D eigenvalue weighted by Crippen LogP contribution is -2.43. The number of aliphatic hydroxyl groups excluding tert-OH is 1. The van der Waals surface area contributed by atoms with Gasteiger partial charge in [-0.25, -0.2) is 4.79 Å². The third kappa shape index (κ3) is 6.58. The van der Waals surface area contributed by atoms with E-state index in [1.165, 1.54) is 5.56 Å². The van der Waals surface area contributed by atoms with Gasteiger partial charge in [0, 0.05) is 24.4 Å². The van der Waals surface area contributed by atoms with Crippen LogP contribution in [-0.4, -0.2) is 58.7 Å². The average molecular weight is 498 g/mol. The van der Waals surface area contributed by atoms with Gasteiger partial charge in [-0.2, -0.15) is 0 Å². The van der Waals surface area contributed by atoms with Crippen molar-refractivity contribution in [3.05, 3.63) is 59.2 Å². The molecule has 1 aliphatic carbocycles. The summed E-state index contributed by atoms with van der Waals surface area (Å²) in [6, 6.07) is 14.5. The summed E-state index contributed by atoms with van der Waals surface area (Å²) in [5.74, 6) is 0.140. The van der Waals surface area contributed by atoms with Crippen LogP contribution in [0.2, 0.25) is 0 Å². The standard InChI is InChI=1S/C29H39NO6/c1-3-14-30(15-4-2)22-11-12-24-21(16-22)10-13-25(34-19-20-8-6-5-7-9-20)28(24)36-27-18-23(31)17-26(35-27)29(32)33/h5-10,13,22-23,26-27,31H,3-4,11-12,14-19H2,1-2H3,(H,32,33)/t22?,23-,26-,27?/m0/s1. The van der Waals surface area contributed by atoms with Gasteiger partial charge in [-0.1, -0.05) is 50.2 Å². The number of hydrogen-bond donors (Lipinski definition) is 2. The zero-order valence-electron chi connectivity index (χ0n) is 21.4. The third-order valence-electron chi connectivity index (χ3n) is 7.07. The quantitative estimate of drug-likeness (QED) is 0.470. The normalized spacial score (nSPS) is 23.8. The van der Waals surface area contributed by atoms with Crippen LogP contribution >= 0.6 is 0 Å². The van der Waals surface area contributed by atoms with E-state index in [0.29, 0.717) is 24.1 Å². The first-order chi connectivity index (χ1) is 17.5. The summed E-state index contributed by atoms with van der Waals surface area (Å²) < 4.78 is 18.3. The summed E-state index contributed by atoms with van der Waals surface area (Å²) >= 11 is 0. The van der Waals surface area contributed by atoms with E-state index < -0.39 is 24.5 Å².